The van der Waals surface area contributed by atoms with Crippen LogP contribution in [0.25, 0.3) is 10.8 Å². The number of fused-ring (bicyclic) bond motifs is 1. The summed E-state index contributed by atoms with van der Waals surface area (Å²) < 4.78 is 28.2. The minimum atomic E-state index is -3.72. The van der Waals surface area contributed by atoms with E-state index in [4.69, 9.17) is 0 Å². The molecule has 0 spiro atoms. The van der Waals surface area contributed by atoms with Crippen LogP contribution in [0, 0.1) is 0 Å². The first-order valence-electron chi connectivity index (χ1n) is 9.93. The van der Waals surface area contributed by atoms with Crippen molar-refractivity contribution in [3.63, 3.8) is 0 Å². The third-order valence-corrected chi connectivity index (χ3v) is 7.71. The van der Waals surface area contributed by atoms with Crippen LogP contribution in [0.15, 0.2) is 77.7 Å². The van der Waals surface area contributed by atoms with E-state index >= 15 is 0 Å². The second-order valence-corrected chi connectivity index (χ2v) is 10.2. The Bertz CT molecular complexity index is 1150. The van der Waals surface area contributed by atoms with Gasteiger partial charge in [-0.2, -0.15) is 16.9 Å². The molecule has 0 radical (unpaired) electrons. The molecular formula is C23H24N2O3S2. The molecule has 2 unspecified atom stereocenters. The molecule has 0 saturated carbocycles. The minimum Gasteiger partial charge on any atom is -0.352 e. The molecule has 4 rings (SSSR count). The molecule has 0 aliphatic carbocycles. The molecule has 5 nitrogen and oxygen atoms in total. The normalized spacial score (nSPS) is 19.8. The smallest absolute Gasteiger partial charge is 0.243 e. The van der Waals surface area contributed by atoms with Crippen LogP contribution in [-0.2, 0) is 21.4 Å². The maximum atomic E-state index is 13.4. The van der Waals surface area contributed by atoms with Crippen LogP contribution < -0.4 is 5.32 Å². The van der Waals surface area contributed by atoms with E-state index in [0.717, 1.165) is 16.3 Å². The number of hydrogen-bond donors (Lipinski definition) is 2. The van der Waals surface area contributed by atoms with Gasteiger partial charge in [0.2, 0.25) is 15.9 Å². The van der Waals surface area contributed by atoms with Crippen molar-refractivity contribution in [2.24, 2.45) is 0 Å². The number of carbonyl (C=O) groups excluding carboxylic acids is 1. The fourth-order valence-electron chi connectivity index (χ4n) is 3.89. The van der Waals surface area contributed by atoms with E-state index in [0.29, 0.717) is 19.5 Å². The summed E-state index contributed by atoms with van der Waals surface area (Å²) in [4.78, 5) is 12.8. The zero-order chi connectivity index (χ0) is 21.1. The fraction of sp³-hybridized carbons (Fsp3) is 0.261. The van der Waals surface area contributed by atoms with E-state index < -0.39 is 16.1 Å². The molecule has 156 valence electrons. The summed E-state index contributed by atoms with van der Waals surface area (Å²) in [7, 11) is -3.72. The average molecular weight is 441 g/mol. The molecule has 1 fully saturated rings. The van der Waals surface area contributed by atoms with E-state index in [1.807, 2.05) is 60.7 Å². The Morgan fingerprint density at radius 3 is 2.47 bits per heavy atom. The van der Waals surface area contributed by atoms with Crippen LogP contribution in [0.4, 0.5) is 0 Å². The Morgan fingerprint density at radius 2 is 1.70 bits per heavy atom. The van der Waals surface area contributed by atoms with Gasteiger partial charge in [-0.05, 0) is 34.9 Å². The van der Waals surface area contributed by atoms with Gasteiger partial charge in [-0.1, -0.05) is 60.7 Å². The molecule has 1 saturated heterocycles. The molecule has 3 aromatic carbocycles. The van der Waals surface area contributed by atoms with Gasteiger partial charge in [-0.15, -0.1) is 0 Å². The van der Waals surface area contributed by atoms with E-state index in [-0.39, 0.29) is 22.5 Å². The molecular weight excluding hydrogens is 416 g/mol. The number of rotatable bonds is 6. The van der Waals surface area contributed by atoms with Gasteiger partial charge in [0.15, 0.2) is 0 Å². The summed E-state index contributed by atoms with van der Waals surface area (Å²) in [5.41, 5.74) is 1.00. The third kappa shape index (κ3) is 4.53. The van der Waals surface area contributed by atoms with Crippen LogP contribution in [0.3, 0.4) is 0 Å². The topological polar surface area (TPSA) is 66.5 Å². The summed E-state index contributed by atoms with van der Waals surface area (Å²) in [6.45, 7) is 0.725. The van der Waals surface area contributed by atoms with Crippen molar-refractivity contribution < 1.29 is 13.2 Å². The highest BCUT2D eigenvalue weighted by Gasteiger charge is 2.40. The Morgan fingerprint density at radius 1 is 1.00 bits per heavy atom. The number of nitrogens with zero attached hydrogens (tertiary/aromatic N) is 1. The van der Waals surface area contributed by atoms with E-state index in [1.165, 1.54) is 4.31 Å². The van der Waals surface area contributed by atoms with Gasteiger partial charge in [0.1, 0.15) is 0 Å². The monoisotopic (exact) mass is 440 g/mol. The van der Waals surface area contributed by atoms with Crippen molar-refractivity contribution in [3.8, 4) is 0 Å². The molecule has 1 amide bonds. The van der Waals surface area contributed by atoms with Gasteiger partial charge in [0.25, 0.3) is 0 Å². The number of sulfonamides is 1. The highest BCUT2D eigenvalue weighted by atomic mass is 32.2. The predicted octanol–water partition coefficient (Wildman–Crippen LogP) is 3.61. The molecule has 1 aliphatic heterocycles. The third-order valence-electron chi connectivity index (χ3n) is 5.42. The zero-order valence-corrected chi connectivity index (χ0v) is 18.1. The van der Waals surface area contributed by atoms with E-state index in [2.05, 4.69) is 17.9 Å². The van der Waals surface area contributed by atoms with Gasteiger partial charge >= 0.3 is 0 Å². The van der Waals surface area contributed by atoms with E-state index in [9.17, 15) is 13.2 Å². The highest BCUT2D eigenvalue weighted by Crippen LogP contribution is 2.31. The second-order valence-electron chi connectivity index (χ2n) is 7.59. The number of thiol groups is 1. The van der Waals surface area contributed by atoms with Gasteiger partial charge < -0.3 is 5.32 Å². The maximum absolute atomic E-state index is 13.4. The molecule has 0 aromatic heterocycles. The molecule has 0 bridgehead atoms. The Hall–Kier alpha value is -2.35. The first-order chi connectivity index (χ1) is 14.4. The predicted molar refractivity (Wildman–Crippen MR) is 122 cm³/mol. The first-order valence-corrected chi connectivity index (χ1v) is 11.9. The molecule has 1 N–H and O–H groups in total. The Kier molecular flexibility index (Phi) is 6.13. The number of nitrogens with one attached hydrogen (secondary N) is 1. The largest absolute Gasteiger partial charge is 0.352 e. The molecule has 2 atom stereocenters. The van der Waals surface area contributed by atoms with Crippen LogP contribution in [-0.4, -0.2) is 36.5 Å². The lowest BCUT2D eigenvalue weighted by Gasteiger charge is -2.24. The lowest BCUT2D eigenvalue weighted by Crippen LogP contribution is -2.39. The standard InChI is InChI=1S/C23H24N2O3S2/c26-23(24-15-17-6-2-1-3-7-17)14-20-13-21(29)16-25(20)30(27,28)22-11-10-18-8-4-5-9-19(18)12-22/h1-12,20-21,29H,13-16H2,(H,24,26). The van der Waals surface area contributed by atoms with Crippen molar-refractivity contribution in [2.75, 3.05) is 6.54 Å². The maximum Gasteiger partial charge on any atom is 0.243 e. The van der Waals surface area contributed by atoms with Crippen molar-refractivity contribution in [3.05, 3.63) is 78.4 Å². The summed E-state index contributed by atoms with van der Waals surface area (Å²) in [6, 6.07) is 22.0. The van der Waals surface area contributed by atoms with Crippen LogP contribution >= 0.6 is 12.6 Å². The minimum absolute atomic E-state index is 0.0906. The van der Waals surface area contributed by atoms with Gasteiger partial charge in [-0.25, -0.2) is 8.42 Å². The number of carbonyl (C=O) groups is 1. The fourth-order valence-corrected chi connectivity index (χ4v) is 6.13. The first kappa shape index (κ1) is 20.9. The molecule has 1 aliphatic rings. The molecule has 1 heterocycles. The summed E-state index contributed by atoms with van der Waals surface area (Å²) >= 11 is 4.51. The van der Waals surface area contributed by atoms with E-state index in [1.54, 1.807) is 12.1 Å². The second kappa shape index (κ2) is 8.79. The SMILES string of the molecule is O=C(CC1CC(S)CN1S(=O)(=O)c1ccc2ccccc2c1)NCc1ccccc1. The van der Waals surface area contributed by atoms with Crippen LogP contribution in [0.5, 0.6) is 0 Å². The quantitative estimate of drug-likeness (QED) is 0.576. The van der Waals surface area contributed by atoms with Crippen molar-refractivity contribution in [2.45, 2.75) is 35.6 Å². The highest BCUT2D eigenvalue weighted by molar-refractivity contribution is 7.89. The zero-order valence-electron chi connectivity index (χ0n) is 16.4. The number of amides is 1. The molecule has 7 heteroatoms. The lowest BCUT2D eigenvalue weighted by molar-refractivity contribution is -0.121. The van der Waals surface area contributed by atoms with Gasteiger partial charge in [0, 0.05) is 30.8 Å². The van der Waals surface area contributed by atoms with Crippen molar-refractivity contribution >= 4 is 39.3 Å². The Balaban J connectivity index is 1.50. The lowest BCUT2D eigenvalue weighted by atomic mass is 10.1. The summed E-state index contributed by atoms with van der Waals surface area (Å²) in [6.07, 6.45) is 0.672. The van der Waals surface area contributed by atoms with Crippen LogP contribution in [0.1, 0.15) is 18.4 Å². The van der Waals surface area contributed by atoms with Gasteiger partial charge in [0.05, 0.1) is 4.90 Å². The Labute approximate surface area is 182 Å². The van der Waals surface area contributed by atoms with Crippen molar-refractivity contribution in [1.29, 1.82) is 0 Å². The summed E-state index contributed by atoms with van der Waals surface area (Å²) in [5, 5.41) is 4.66. The van der Waals surface area contributed by atoms with Crippen LogP contribution in [0.2, 0.25) is 0 Å². The van der Waals surface area contributed by atoms with Crippen molar-refractivity contribution in [1.82, 2.24) is 9.62 Å². The number of hydrogen-bond acceptors (Lipinski definition) is 4. The van der Waals surface area contributed by atoms with Gasteiger partial charge in [-0.3, -0.25) is 4.79 Å². The molecule has 3 aromatic rings. The molecule has 30 heavy (non-hydrogen) atoms. The average Bonchev–Trinajstić information content (AvgIpc) is 3.13. The number of benzene rings is 3. The summed E-state index contributed by atoms with van der Waals surface area (Å²) in [5.74, 6) is -0.162.